The number of pyridine rings is 1. The van der Waals surface area contributed by atoms with Gasteiger partial charge >= 0.3 is 0 Å². The van der Waals surface area contributed by atoms with E-state index in [1.165, 1.54) is 0 Å². The Labute approximate surface area is 118 Å². The minimum atomic E-state index is -0.0845. The van der Waals surface area contributed by atoms with E-state index in [9.17, 15) is 4.79 Å². The van der Waals surface area contributed by atoms with Crippen LogP contribution in [0.3, 0.4) is 0 Å². The maximum atomic E-state index is 12.4. The third-order valence-corrected chi connectivity index (χ3v) is 3.70. The second-order valence-electron chi connectivity index (χ2n) is 5.15. The van der Waals surface area contributed by atoms with Gasteiger partial charge in [-0.1, -0.05) is 31.8 Å². The van der Waals surface area contributed by atoms with Gasteiger partial charge in [-0.15, -0.1) is 0 Å². The Morgan fingerprint density at radius 2 is 2.05 bits per heavy atom. The zero-order valence-corrected chi connectivity index (χ0v) is 12.5. The number of aryl methyl sites for hydroxylation is 2. The number of rotatable bonds is 5. The van der Waals surface area contributed by atoms with Gasteiger partial charge in [-0.05, 0) is 25.8 Å². The standard InChI is InChI=1S/C15H21N3O2/c1-5-11(6-2)8-16-14(19)12-7-9(3)17-15-13(12)10(4)18-20-15/h7,11H,5-6,8H2,1-4H3,(H,16,19). The van der Waals surface area contributed by atoms with Crippen molar-refractivity contribution in [1.82, 2.24) is 15.5 Å². The molecule has 2 aromatic heterocycles. The van der Waals surface area contributed by atoms with E-state index in [1.54, 1.807) is 6.07 Å². The number of amides is 1. The predicted molar refractivity (Wildman–Crippen MR) is 77.7 cm³/mol. The topological polar surface area (TPSA) is 68.0 Å². The second kappa shape index (κ2) is 6.03. The third kappa shape index (κ3) is 2.81. The van der Waals surface area contributed by atoms with Crippen molar-refractivity contribution in [3.05, 3.63) is 23.0 Å². The maximum absolute atomic E-state index is 12.4. The Bertz CT molecular complexity index is 615. The highest BCUT2D eigenvalue weighted by molar-refractivity contribution is 6.06. The number of carbonyl (C=O) groups is 1. The first-order valence-corrected chi connectivity index (χ1v) is 7.08. The third-order valence-electron chi connectivity index (χ3n) is 3.70. The lowest BCUT2D eigenvalue weighted by molar-refractivity contribution is 0.0948. The molecule has 0 aliphatic carbocycles. The van der Waals surface area contributed by atoms with Crippen LogP contribution in [-0.2, 0) is 0 Å². The molecule has 2 rings (SSSR count). The minimum absolute atomic E-state index is 0.0845. The van der Waals surface area contributed by atoms with Crippen molar-refractivity contribution >= 4 is 17.0 Å². The molecule has 5 nitrogen and oxygen atoms in total. The van der Waals surface area contributed by atoms with Crippen LogP contribution in [0.1, 0.15) is 48.4 Å². The molecule has 0 aromatic carbocycles. The minimum Gasteiger partial charge on any atom is -0.352 e. The van der Waals surface area contributed by atoms with Gasteiger partial charge in [0.05, 0.1) is 16.6 Å². The molecule has 0 saturated carbocycles. The molecule has 0 radical (unpaired) electrons. The molecule has 5 heteroatoms. The smallest absolute Gasteiger partial charge is 0.258 e. The lowest BCUT2D eigenvalue weighted by Crippen LogP contribution is -2.29. The molecule has 0 saturated heterocycles. The number of fused-ring (bicyclic) bond motifs is 1. The molecule has 0 atom stereocenters. The molecular weight excluding hydrogens is 254 g/mol. The summed E-state index contributed by atoms with van der Waals surface area (Å²) in [5.74, 6) is 0.430. The Hall–Kier alpha value is -1.91. The zero-order chi connectivity index (χ0) is 14.7. The predicted octanol–water partition coefficient (Wildman–Crippen LogP) is 3.01. The van der Waals surface area contributed by atoms with Gasteiger partial charge in [0.15, 0.2) is 0 Å². The van der Waals surface area contributed by atoms with Gasteiger partial charge in [0.25, 0.3) is 11.6 Å². The number of carbonyl (C=O) groups excluding carboxylic acids is 1. The molecule has 1 amide bonds. The fourth-order valence-electron chi connectivity index (χ4n) is 2.31. The molecule has 2 aromatic rings. The largest absolute Gasteiger partial charge is 0.352 e. The van der Waals surface area contributed by atoms with Gasteiger partial charge in [0, 0.05) is 12.2 Å². The number of hydrogen-bond donors (Lipinski definition) is 1. The second-order valence-corrected chi connectivity index (χ2v) is 5.15. The van der Waals surface area contributed by atoms with E-state index < -0.39 is 0 Å². The van der Waals surface area contributed by atoms with Gasteiger partial charge in [-0.25, -0.2) is 4.98 Å². The van der Waals surface area contributed by atoms with Crippen molar-refractivity contribution < 1.29 is 9.32 Å². The molecule has 0 bridgehead atoms. The summed E-state index contributed by atoms with van der Waals surface area (Å²) in [6.45, 7) is 8.63. The first-order valence-electron chi connectivity index (χ1n) is 7.08. The molecule has 2 heterocycles. The van der Waals surface area contributed by atoms with E-state index in [0.29, 0.717) is 34.8 Å². The lowest BCUT2D eigenvalue weighted by Gasteiger charge is -2.13. The van der Waals surface area contributed by atoms with Crippen LogP contribution in [0.15, 0.2) is 10.6 Å². The maximum Gasteiger partial charge on any atom is 0.258 e. The summed E-state index contributed by atoms with van der Waals surface area (Å²) in [5, 5.41) is 7.60. The van der Waals surface area contributed by atoms with E-state index in [0.717, 1.165) is 18.5 Å². The van der Waals surface area contributed by atoms with Crippen LogP contribution in [-0.4, -0.2) is 22.6 Å². The normalized spacial score (nSPS) is 11.2. The van der Waals surface area contributed by atoms with Gasteiger partial charge in [0.1, 0.15) is 0 Å². The number of nitrogens with one attached hydrogen (secondary N) is 1. The van der Waals surface area contributed by atoms with Crippen molar-refractivity contribution in [2.75, 3.05) is 6.54 Å². The first kappa shape index (κ1) is 14.5. The van der Waals surface area contributed by atoms with E-state index >= 15 is 0 Å². The fourth-order valence-corrected chi connectivity index (χ4v) is 2.31. The van der Waals surface area contributed by atoms with E-state index in [1.807, 2.05) is 13.8 Å². The number of nitrogens with zero attached hydrogens (tertiary/aromatic N) is 2. The number of aromatic nitrogens is 2. The average molecular weight is 275 g/mol. The molecule has 0 spiro atoms. The monoisotopic (exact) mass is 275 g/mol. The van der Waals surface area contributed by atoms with Crippen LogP contribution in [0.25, 0.3) is 11.1 Å². The highest BCUT2D eigenvalue weighted by Crippen LogP contribution is 2.21. The summed E-state index contributed by atoms with van der Waals surface area (Å²) >= 11 is 0. The van der Waals surface area contributed by atoms with Gasteiger partial charge in [-0.3, -0.25) is 4.79 Å². The summed E-state index contributed by atoms with van der Waals surface area (Å²) < 4.78 is 5.15. The van der Waals surface area contributed by atoms with Gasteiger partial charge in [-0.2, -0.15) is 0 Å². The summed E-state index contributed by atoms with van der Waals surface area (Å²) in [7, 11) is 0. The Morgan fingerprint density at radius 3 is 2.70 bits per heavy atom. The molecule has 20 heavy (non-hydrogen) atoms. The van der Waals surface area contributed by atoms with Gasteiger partial charge < -0.3 is 9.84 Å². The molecular formula is C15H21N3O2. The van der Waals surface area contributed by atoms with Crippen LogP contribution < -0.4 is 5.32 Å². The van der Waals surface area contributed by atoms with E-state index in [-0.39, 0.29) is 5.91 Å². The lowest BCUT2D eigenvalue weighted by atomic mass is 10.0. The van der Waals surface area contributed by atoms with Crippen LogP contribution in [0.2, 0.25) is 0 Å². The molecule has 0 unspecified atom stereocenters. The Balaban J connectivity index is 2.27. The number of hydrogen-bond acceptors (Lipinski definition) is 4. The average Bonchev–Trinajstić information content (AvgIpc) is 2.80. The highest BCUT2D eigenvalue weighted by Gasteiger charge is 2.18. The summed E-state index contributed by atoms with van der Waals surface area (Å²) in [6, 6.07) is 1.79. The molecule has 0 aliphatic rings. The van der Waals surface area contributed by atoms with Crippen LogP contribution in [0, 0.1) is 19.8 Å². The van der Waals surface area contributed by atoms with Crippen molar-refractivity contribution in [2.45, 2.75) is 40.5 Å². The van der Waals surface area contributed by atoms with E-state index in [4.69, 9.17) is 4.52 Å². The molecule has 1 N–H and O–H groups in total. The van der Waals surface area contributed by atoms with Crippen LogP contribution in [0.5, 0.6) is 0 Å². The summed E-state index contributed by atoms with van der Waals surface area (Å²) in [5.41, 5.74) is 2.47. The van der Waals surface area contributed by atoms with Crippen molar-refractivity contribution in [3.63, 3.8) is 0 Å². The highest BCUT2D eigenvalue weighted by atomic mass is 16.5. The van der Waals surface area contributed by atoms with Crippen LogP contribution in [0.4, 0.5) is 0 Å². The SMILES string of the molecule is CCC(CC)CNC(=O)c1cc(C)nc2onc(C)c12. The molecule has 108 valence electrons. The van der Waals surface area contributed by atoms with Crippen LogP contribution >= 0.6 is 0 Å². The van der Waals surface area contributed by atoms with Gasteiger partial charge in [0.2, 0.25) is 0 Å². The Morgan fingerprint density at radius 1 is 1.35 bits per heavy atom. The molecule has 0 aliphatic heterocycles. The van der Waals surface area contributed by atoms with Crippen molar-refractivity contribution in [1.29, 1.82) is 0 Å². The zero-order valence-electron chi connectivity index (χ0n) is 12.5. The summed E-state index contributed by atoms with van der Waals surface area (Å²) in [4.78, 5) is 16.6. The van der Waals surface area contributed by atoms with Crippen molar-refractivity contribution in [2.24, 2.45) is 5.92 Å². The summed E-state index contributed by atoms with van der Waals surface area (Å²) in [6.07, 6.45) is 2.13. The molecule has 0 fully saturated rings. The van der Waals surface area contributed by atoms with Crippen molar-refractivity contribution in [3.8, 4) is 0 Å². The Kier molecular flexibility index (Phi) is 4.37. The fraction of sp³-hybridized carbons (Fsp3) is 0.533. The van der Waals surface area contributed by atoms with E-state index in [2.05, 4.69) is 29.3 Å². The first-order chi connectivity index (χ1) is 9.56. The quantitative estimate of drug-likeness (QED) is 0.910.